The Morgan fingerprint density at radius 2 is 2.18 bits per heavy atom. The van der Waals surface area contributed by atoms with Gasteiger partial charge in [-0.1, -0.05) is 12.1 Å². The molecule has 0 atom stereocenters. The normalized spacial score (nSPS) is 14.2. The Hall–Kier alpha value is -1.65. The fraction of sp³-hybridized carbons (Fsp3) is 0.579. The number of carbonyl (C=O) groups is 1. The van der Waals surface area contributed by atoms with E-state index >= 15 is 0 Å². The quantitative estimate of drug-likeness (QED) is 0.220. The number of halogens is 3. The van der Waals surface area contributed by atoms with Crippen LogP contribution in [0.1, 0.15) is 31.7 Å². The van der Waals surface area contributed by atoms with E-state index in [0.717, 1.165) is 38.0 Å². The van der Waals surface area contributed by atoms with Gasteiger partial charge in [0, 0.05) is 32.6 Å². The summed E-state index contributed by atoms with van der Waals surface area (Å²) in [5.74, 6) is 1.34. The monoisotopic (exact) mass is 510 g/mol. The zero-order valence-corrected chi connectivity index (χ0v) is 18.5. The molecule has 1 heterocycles. The molecule has 1 saturated heterocycles. The summed E-state index contributed by atoms with van der Waals surface area (Å²) in [7, 11) is 0. The third kappa shape index (κ3) is 9.03. The zero-order chi connectivity index (χ0) is 19.5. The summed E-state index contributed by atoms with van der Waals surface area (Å²) < 4.78 is 29.5. The molecule has 2 rings (SSSR count). The lowest BCUT2D eigenvalue weighted by Crippen LogP contribution is -2.39. The van der Waals surface area contributed by atoms with Gasteiger partial charge in [0.2, 0.25) is 5.91 Å². The largest absolute Gasteiger partial charge is 0.488 e. The van der Waals surface area contributed by atoms with Gasteiger partial charge in [-0.2, -0.15) is 0 Å². The minimum absolute atomic E-state index is 0. The summed E-state index contributed by atoms with van der Waals surface area (Å²) in [6, 6.07) is 7.01. The Morgan fingerprint density at radius 3 is 2.86 bits per heavy atom. The molecule has 0 spiro atoms. The van der Waals surface area contributed by atoms with Gasteiger partial charge in [0.25, 0.3) is 6.43 Å². The van der Waals surface area contributed by atoms with Crippen LogP contribution in [0.25, 0.3) is 0 Å². The second kappa shape index (κ2) is 13.5. The second-order valence-electron chi connectivity index (χ2n) is 6.31. The minimum Gasteiger partial charge on any atom is -0.488 e. The van der Waals surface area contributed by atoms with Gasteiger partial charge in [0.05, 0.1) is 6.54 Å². The Bertz CT molecular complexity index is 632. The molecule has 1 aromatic rings. The number of guanidine groups is 1. The van der Waals surface area contributed by atoms with Gasteiger partial charge in [-0.05, 0) is 37.5 Å². The van der Waals surface area contributed by atoms with Gasteiger partial charge in [-0.25, -0.2) is 13.8 Å². The van der Waals surface area contributed by atoms with Crippen molar-refractivity contribution in [3.8, 4) is 5.75 Å². The van der Waals surface area contributed by atoms with Crippen molar-refractivity contribution < 1.29 is 18.3 Å². The molecule has 0 unspecified atom stereocenters. The third-order valence-electron chi connectivity index (χ3n) is 4.11. The standard InChI is InChI=1S/C19H28F2N4O2.HI/c1-2-22-19(23-9-5-11-25-10-4-8-18(25)26)24-13-15-6-3-7-16(12-15)27-14-17(20)21;/h3,6-7,12,17H,2,4-5,8-11,13-14H2,1H3,(H2,22,23,24);1H. The van der Waals surface area contributed by atoms with E-state index in [0.29, 0.717) is 31.2 Å². The Kier molecular flexibility index (Phi) is 11.8. The smallest absolute Gasteiger partial charge is 0.272 e. The Labute approximate surface area is 182 Å². The fourth-order valence-electron chi connectivity index (χ4n) is 2.82. The van der Waals surface area contributed by atoms with E-state index in [1.807, 2.05) is 17.9 Å². The van der Waals surface area contributed by atoms with Crippen LogP contribution in [-0.4, -0.2) is 56.0 Å². The van der Waals surface area contributed by atoms with E-state index in [-0.39, 0.29) is 29.9 Å². The van der Waals surface area contributed by atoms with Crippen LogP contribution in [0.2, 0.25) is 0 Å². The van der Waals surface area contributed by atoms with Crippen LogP contribution in [0.3, 0.4) is 0 Å². The molecule has 2 N–H and O–H groups in total. The lowest BCUT2D eigenvalue weighted by Gasteiger charge is -2.16. The van der Waals surface area contributed by atoms with Crippen LogP contribution in [0.15, 0.2) is 29.3 Å². The lowest BCUT2D eigenvalue weighted by molar-refractivity contribution is -0.127. The van der Waals surface area contributed by atoms with Crippen molar-refractivity contribution in [3.63, 3.8) is 0 Å². The first-order valence-electron chi connectivity index (χ1n) is 9.38. The average Bonchev–Trinajstić information content (AvgIpc) is 3.06. The molecule has 0 radical (unpaired) electrons. The summed E-state index contributed by atoms with van der Waals surface area (Å²) >= 11 is 0. The second-order valence-corrected chi connectivity index (χ2v) is 6.31. The van der Waals surface area contributed by atoms with Crippen LogP contribution in [-0.2, 0) is 11.3 Å². The topological polar surface area (TPSA) is 66.0 Å². The lowest BCUT2D eigenvalue weighted by atomic mass is 10.2. The summed E-state index contributed by atoms with van der Waals surface area (Å²) in [6.07, 6.45) is -0.0200. The van der Waals surface area contributed by atoms with Crippen molar-refractivity contribution in [1.29, 1.82) is 0 Å². The molecule has 0 aliphatic carbocycles. The number of carbonyl (C=O) groups excluding carboxylic acids is 1. The first-order valence-corrected chi connectivity index (χ1v) is 9.38. The van der Waals surface area contributed by atoms with Crippen molar-refractivity contribution in [1.82, 2.24) is 15.5 Å². The first-order chi connectivity index (χ1) is 13.1. The van der Waals surface area contributed by atoms with Crippen molar-refractivity contribution in [2.24, 2.45) is 4.99 Å². The van der Waals surface area contributed by atoms with Crippen LogP contribution in [0.5, 0.6) is 5.75 Å². The molecule has 1 amide bonds. The molecule has 0 bridgehead atoms. The molecule has 158 valence electrons. The van der Waals surface area contributed by atoms with E-state index < -0.39 is 13.0 Å². The summed E-state index contributed by atoms with van der Waals surface area (Å²) in [6.45, 7) is 4.84. The number of nitrogens with zero attached hydrogens (tertiary/aromatic N) is 2. The van der Waals surface area contributed by atoms with Gasteiger partial charge >= 0.3 is 0 Å². The minimum atomic E-state index is -2.49. The highest BCUT2D eigenvalue weighted by Gasteiger charge is 2.18. The molecule has 1 aliphatic heterocycles. The molecule has 0 aromatic heterocycles. The van der Waals surface area contributed by atoms with E-state index in [4.69, 9.17) is 4.74 Å². The van der Waals surface area contributed by atoms with Gasteiger partial charge in [0.15, 0.2) is 5.96 Å². The number of aliphatic imine (C=N–C) groups is 1. The van der Waals surface area contributed by atoms with Crippen molar-refractivity contribution in [2.75, 3.05) is 32.8 Å². The maximum atomic E-state index is 12.2. The molecule has 9 heteroatoms. The number of amides is 1. The van der Waals surface area contributed by atoms with Gasteiger partial charge in [-0.3, -0.25) is 4.79 Å². The van der Waals surface area contributed by atoms with Crippen LogP contribution in [0.4, 0.5) is 8.78 Å². The molecule has 1 aliphatic rings. The number of likely N-dealkylation sites (tertiary alicyclic amines) is 1. The number of hydrogen-bond donors (Lipinski definition) is 2. The van der Waals surface area contributed by atoms with Crippen molar-refractivity contribution in [3.05, 3.63) is 29.8 Å². The number of nitrogens with one attached hydrogen (secondary N) is 2. The van der Waals surface area contributed by atoms with Gasteiger partial charge in [-0.15, -0.1) is 24.0 Å². The average molecular weight is 510 g/mol. The van der Waals surface area contributed by atoms with Crippen LogP contribution < -0.4 is 15.4 Å². The fourth-order valence-corrected chi connectivity index (χ4v) is 2.82. The highest BCUT2D eigenvalue weighted by atomic mass is 127. The predicted molar refractivity (Wildman–Crippen MR) is 117 cm³/mol. The van der Waals surface area contributed by atoms with E-state index in [1.165, 1.54) is 0 Å². The van der Waals surface area contributed by atoms with Crippen molar-refractivity contribution in [2.45, 2.75) is 39.2 Å². The SMILES string of the molecule is CCNC(=NCc1cccc(OCC(F)F)c1)NCCCN1CCCC1=O.I. The van der Waals surface area contributed by atoms with E-state index in [9.17, 15) is 13.6 Å². The predicted octanol–water partition coefficient (Wildman–Crippen LogP) is 3.02. The molecule has 0 saturated carbocycles. The zero-order valence-electron chi connectivity index (χ0n) is 16.1. The molecular weight excluding hydrogens is 481 g/mol. The van der Waals surface area contributed by atoms with E-state index in [1.54, 1.807) is 18.2 Å². The van der Waals surface area contributed by atoms with Crippen LogP contribution >= 0.6 is 24.0 Å². The molecule has 28 heavy (non-hydrogen) atoms. The first kappa shape index (κ1) is 24.4. The summed E-state index contributed by atoms with van der Waals surface area (Å²) in [4.78, 5) is 18.0. The number of hydrogen-bond acceptors (Lipinski definition) is 3. The third-order valence-corrected chi connectivity index (χ3v) is 4.11. The maximum absolute atomic E-state index is 12.2. The molecule has 1 fully saturated rings. The highest BCUT2D eigenvalue weighted by Crippen LogP contribution is 2.15. The molecule has 6 nitrogen and oxygen atoms in total. The number of alkyl halides is 2. The summed E-state index contributed by atoms with van der Waals surface area (Å²) in [5, 5.41) is 6.43. The van der Waals surface area contributed by atoms with Gasteiger partial charge in [0.1, 0.15) is 12.4 Å². The summed E-state index contributed by atoms with van der Waals surface area (Å²) in [5.41, 5.74) is 0.877. The Balaban J connectivity index is 0.00000392. The highest BCUT2D eigenvalue weighted by molar-refractivity contribution is 14.0. The van der Waals surface area contributed by atoms with Gasteiger partial charge < -0.3 is 20.3 Å². The Morgan fingerprint density at radius 1 is 1.36 bits per heavy atom. The maximum Gasteiger partial charge on any atom is 0.272 e. The molecule has 1 aromatic carbocycles. The number of benzene rings is 1. The van der Waals surface area contributed by atoms with Crippen LogP contribution in [0, 0.1) is 0 Å². The molecular formula is C19H29F2IN4O2. The number of ether oxygens (including phenoxy) is 1. The van der Waals surface area contributed by atoms with E-state index in [2.05, 4.69) is 15.6 Å². The number of rotatable bonds is 10. The van der Waals surface area contributed by atoms with Crippen molar-refractivity contribution >= 4 is 35.8 Å².